The minimum Gasteiger partial charge on any atom is -0.277 e. The number of hydrogen-bond acceptors (Lipinski definition) is 7. The maximum Gasteiger partial charge on any atom is 0.274 e. The molecule has 4 rings (SSSR count). The fraction of sp³-hybridized carbons (Fsp3) is 0.167. The zero-order chi connectivity index (χ0) is 19.0. The number of carbonyl (C=O) groups is 1. The molecule has 4 aromatic rings. The number of halogens is 1. The third-order valence-corrected chi connectivity index (χ3v) is 6.41. The first-order chi connectivity index (χ1) is 13.0. The van der Waals surface area contributed by atoms with E-state index < -0.39 is 0 Å². The van der Waals surface area contributed by atoms with Crippen LogP contribution in [0.4, 0.5) is 5.13 Å². The van der Waals surface area contributed by atoms with Crippen molar-refractivity contribution >= 4 is 55.7 Å². The average Bonchev–Trinajstić information content (AvgIpc) is 3.30. The Labute approximate surface area is 168 Å². The normalized spacial score (nSPS) is 11.1. The molecule has 0 aliphatic rings. The number of rotatable bonds is 4. The highest BCUT2D eigenvalue weighted by atomic mass is 35.5. The number of thiazole rings is 1. The lowest BCUT2D eigenvalue weighted by Gasteiger charge is -2.18. The number of hydrogen-bond donors (Lipinski definition) is 0. The lowest BCUT2D eigenvalue weighted by Crippen LogP contribution is -2.30. The third kappa shape index (κ3) is 3.43. The first-order valence-corrected chi connectivity index (χ1v) is 10.1. The molecule has 0 aliphatic heterocycles. The molecule has 3 aromatic heterocycles. The molecule has 1 amide bonds. The molecule has 0 spiro atoms. The molecule has 0 N–H and O–H groups in total. The molecule has 1 aromatic carbocycles. The SMILES string of the molecule is Cc1nnsc1C(=O)N(Cc1ccccn1)c1nc2c(C)ccc(Cl)c2s1. The van der Waals surface area contributed by atoms with E-state index >= 15 is 0 Å². The van der Waals surface area contributed by atoms with Crippen molar-refractivity contribution in [3.05, 3.63) is 63.4 Å². The highest BCUT2D eigenvalue weighted by Gasteiger charge is 2.26. The Morgan fingerprint density at radius 2 is 2.07 bits per heavy atom. The van der Waals surface area contributed by atoms with Crippen LogP contribution in [0.3, 0.4) is 0 Å². The number of aryl methyl sites for hydroxylation is 2. The van der Waals surface area contributed by atoms with Gasteiger partial charge in [-0.2, -0.15) is 0 Å². The van der Waals surface area contributed by atoms with Crippen LogP contribution < -0.4 is 4.90 Å². The van der Waals surface area contributed by atoms with E-state index in [0.29, 0.717) is 27.3 Å². The summed E-state index contributed by atoms with van der Waals surface area (Å²) in [6, 6.07) is 9.39. The Morgan fingerprint density at radius 3 is 2.74 bits per heavy atom. The zero-order valence-electron chi connectivity index (χ0n) is 14.5. The monoisotopic (exact) mass is 415 g/mol. The number of benzene rings is 1. The molecule has 0 fully saturated rings. The van der Waals surface area contributed by atoms with E-state index in [1.54, 1.807) is 18.0 Å². The van der Waals surface area contributed by atoms with Crippen molar-refractivity contribution in [2.24, 2.45) is 0 Å². The Kier molecular flexibility index (Phi) is 4.86. The minimum atomic E-state index is -0.194. The summed E-state index contributed by atoms with van der Waals surface area (Å²) in [6.45, 7) is 4.05. The van der Waals surface area contributed by atoms with Gasteiger partial charge in [0.25, 0.3) is 5.91 Å². The Balaban J connectivity index is 1.82. The Bertz CT molecular complexity index is 1090. The fourth-order valence-corrected chi connectivity index (χ4v) is 4.56. The lowest BCUT2D eigenvalue weighted by molar-refractivity contribution is 0.0988. The summed E-state index contributed by atoms with van der Waals surface area (Å²) in [7, 11) is 0. The van der Waals surface area contributed by atoms with Gasteiger partial charge in [0, 0.05) is 6.20 Å². The third-order valence-electron chi connectivity index (χ3n) is 4.05. The number of amides is 1. The van der Waals surface area contributed by atoms with Gasteiger partial charge in [-0.1, -0.05) is 39.6 Å². The molecule has 136 valence electrons. The molecular formula is C18H14ClN5OS2. The number of carbonyl (C=O) groups excluding carboxylic acids is 1. The number of pyridine rings is 1. The van der Waals surface area contributed by atoms with Gasteiger partial charge in [-0.05, 0) is 49.1 Å². The van der Waals surface area contributed by atoms with Gasteiger partial charge in [-0.15, -0.1) is 5.10 Å². The van der Waals surface area contributed by atoms with Gasteiger partial charge in [-0.25, -0.2) is 4.98 Å². The van der Waals surface area contributed by atoms with Crippen molar-refractivity contribution < 1.29 is 4.79 Å². The van der Waals surface area contributed by atoms with Gasteiger partial charge in [0.2, 0.25) is 0 Å². The smallest absolute Gasteiger partial charge is 0.274 e. The van der Waals surface area contributed by atoms with Crippen LogP contribution in [0, 0.1) is 13.8 Å². The van der Waals surface area contributed by atoms with Crippen molar-refractivity contribution in [3.63, 3.8) is 0 Å². The van der Waals surface area contributed by atoms with Gasteiger partial charge in [0.15, 0.2) is 5.13 Å². The van der Waals surface area contributed by atoms with Gasteiger partial charge < -0.3 is 0 Å². The van der Waals surface area contributed by atoms with Gasteiger partial charge in [0.05, 0.1) is 33.2 Å². The predicted octanol–water partition coefficient (Wildman–Crippen LogP) is 4.66. The molecule has 0 unspecified atom stereocenters. The summed E-state index contributed by atoms with van der Waals surface area (Å²) >= 11 is 8.83. The Hall–Kier alpha value is -2.42. The molecule has 0 aliphatic carbocycles. The van der Waals surface area contributed by atoms with Crippen LogP contribution in [0.1, 0.15) is 26.6 Å². The van der Waals surface area contributed by atoms with E-state index in [1.807, 2.05) is 37.3 Å². The van der Waals surface area contributed by atoms with Crippen LogP contribution in [-0.4, -0.2) is 25.5 Å². The topological polar surface area (TPSA) is 71.9 Å². The zero-order valence-corrected chi connectivity index (χ0v) is 16.9. The number of anilines is 1. The molecular weight excluding hydrogens is 402 g/mol. The molecule has 6 nitrogen and oxygen atoms in total. The average molecular weight is 416 g/mol. The summed E-state index contributed by atoms with van der Waals surface area (Å²) in [6.07, 6.45) is 1.71. The molecule has 0 saturated carbocycles. The van der Waals surface area contributed by atoms with E-state index in [9.17, 15) is 4.79 Å². The molecule has 3 heterocycles. The second kappa shape index (κ2) is 7.30. The maximum absolute atomic E-state index is 13.2. The van der Waals surface area contributed by atoms with Crippen LogP contribution in [0.2, 0.25) is 5.02 Å². The molecule has 0 saturated heterocycles. The fourth-order valence-electron chi connectivity index (χ4n) is 2.64. The standard InChI is InChI=1S/C18H14ClN5OS2/c1-10-6-7-13(19)16-14(10)21-18(26-16)24(9-12-5-3-4-8-20-12)17(25)15-11(2)22-23-27-15/h3-8H,9H2,1-2H3. The highest BCUT2D eigenvalue weighted by Crippen LogP contribution is 2.36. The van der Waals surface area contributed by atoms with Crippen LogP contribution in [0.15, 0.2) is 36.5 Å². The highest BCUT2D eigenvalue weighted by molar-refractivity contribution is 7.23. The van der Waals surface area contributed by atoms with Crippen LogP contribution in [-0.2, 0) is 6.54 Å². The molecule has 9 heteroatoms. The van der Waals surface area contributed by atoms with Crippen molar-refractivity contribution in [2.45, 2.75) is 20.4 Å². The summed E-state index contributed by atoms with van der Waals surface area (Å²) in [5, 5.41) is 5.16. The number of nitrogens with zero attached hydrogens (tertiary/aromatic N) is 5. The van der Waals surface area contributed by atoms with E-state index in [1.165, 1.54) is 11.3 Å². The summed E-state index contributed by atoms with van der Waals surface area (Å²) in [5.41, 5.74) is 3.19. The van der Waals surface area contributed by atoms with Crippen molar-refractivity contribution in [1.82, 2.24) is 19.6 Å². The largest absolute Gasteiger partial charge is 0.277 e. The first kappa shape index (κ1) is 18.0. The second-order valence-electron chi connectivity index (χ2n) is 5.94. The lowest BCUT2D eigenvalue weighted by atomic mass is 10.2. The maximum atomic E-state index is 13.2. The molecule has 0 bridgehead atoms. The first-order valence-electron chi connectivity index (χ1n) is 8.11. The number of fused-ring (bicyclic) bond motifs is 1. The van der Waals surface area contributed by atoms with Crippen LogP contribution in [0.5, 0.6) is 0 Å². The van der Waals surface area contributed by atoms with Gasteiger partial charge in [-0.3, -0.25) is 14.7 Å². The Morgan fingerprint density at radius 1 is 1.22 bits per heavy atom. The summed E-state index contributed by atoms with van der Waals surface area (Å²) in [4.78, 5) is 24.4. The van der Waals surface area contributed by atoms with E-state index in [2.05, 4.69) is 14.6 Å². The van der Waals surface area contributed by atoms with Gasteiger partial charge in [0.1, 0.15) is 4.88 Å². The molecule has 0 atom stereocenters. The van der Waals surface area contributed by atoms with Crippen LogP contribution >= 0.6 is 34.5 Å². The van der Waals surface area contributed by atoms with Crippen LogP contribution in [0.25, 0.3) is 10.2 Å². The summed E-state index contributed by atoms with van der Waals surface area (Å²) in [5.74, 6) is -0.194. The van der Waals surface area contributed by atoms with Crippen molar-refractivity contribution in [1.29, 1.82) is 0 Å². The molecule has 0 radical (unpaired) electrons. The quantitative estimate of drug-likeness (QED) is 0.484. The minimum absolute atomic E-state index is 0.194. The van der Waals surface area contributed by atoms with E-state index in [0.717, 1.165) is 33.0 Å². The molecule has 27 heavy (non-hydrogen) atoms. The number of aromatic nitrogens is 4. The second-order valence-corrected chi connectivity index (χ2v) is 8.08. The van der Waals surface area contributed by atoms with Crippen molar-refractivity contribution in [2.75, 3.05) is 4.90 Å². The van der Waals surface area contributed by atoms with Gasteiger partial charge >= 0.3 is 0 Å². The van der Waals surface area contributed by atoms with E-state index in [4.69, 9.17) is 16.6 Å². The predicted molar refractivity (Wildman–Crippen MR) is 109 cm³/mol. The summed E-state index contributed by atoms with van der Waals surface area (Å²) < 4.78 is 4.75. The van der Waals surface area contributed by atoms with Crippen molar-refractivity contribution in [3.8, 4) is 0 Å². The van der Waals surface area contributed by atoms with E-state index in [-0.39, 0.29) is 5.91 Å².